The zero-order valence-electron chi connectivity index (χ0n) is 10.00. The Morgan fingerprint density at radius 3 is 3.00 bits per heavy atom. The third-order valence-corrected chi connectivity index (χ3v) is 4.23. The Balaban J connectivity index is 2.00. The lowest BCUT2D eigenvalue weighted by atomic mass is 10.0. The van der Waals surface area contributed by atoms with Crippen LogP contribution in [0.5, 0.6) is 0 Å². The number of halogens is 2. The summed E-state index contributed by atoms with van der Waals surface area (Å²) in [7, 11) is 0. The van der Waals surface area contributed by atoms with Gasteiger partial charge in [-0.15, -0.1) is 0 Å². The molecule has 1 aromatic rings. The molecule has 0 spiro atoms. The zero-order valence-corrected chi connectivity index (χ0v) is 11.6. The summed E-state index contributed by atoms with van der Waals surface area (Å²) >= 11 is 3.46. The normalized spacial score (nSPS) is 22.9. The lowest BCUT2D eigenvalue weighted by Crippen LogP contribution is -2.29. The molecule has 1 heterocycles. The van der Waals surface area contributed by atoms with Crippen molar-refractivity contribution in [1.29, 1.82) is 0 Å². The van der Waals surface area contributed by atoms with Crippen LogP contribution in [0.4, 0.5) is 4.39 Å². The molecule has 4 heteroatoms. The molecular weight excluding hydrogens is 283 g/mol. The van der Waals surface area contributed by atoms with Gasteiger partial charge in [0, 0.05) is 23.6 Å². The second-order valence-corrected chi connectivity index (χ2v) is 5.73. The first kappa shape index (κ1) is 13.0. The Morgan fingerprint density at radius 2 is 2.35 bits per heavy atom. The molecule has 2 N–H and O–H groups in total. The molecule has 1 aliphatic rings. The Kier molecular flexibility index (Phi) is 4.17. The maximum absolute atomic E-state index is 13.2. The lowest BCUT2D eigenvalue weighted by Gasteiger charge is -2.18. The van der Waals surface area contributed by atoms with Gasteiger partial charge in [-0.05, 0) is 49.6 Å². The first-order chi connectivity index (χ1) is 8.06. The van der Waals surface area contributed by atoms with E-state index in [0.717, 1.165) is 36.1 Å². The topological polar surface area (TPSA) is 29.3 Å². The minimum Gasteiger partial charge on any atom is -0.328 e. The van der Waals surface area contributed by atoms with Crippen LogP contribution in [-0.2, 0) is 6.54 Å². The fourth-order valence-corrected chi connectivity index (χ4v) is 2.71. The van der Waals surface area contributed by atoms with Crippen molar-refractivity contribution in [2.24, 2.45) is 11.7 Å². The molecule has 2 nitrogen and oxygen atoms in total. The maximum Gasteiger partial charge on any atom is 0.123 e. The summed E-state index contributed by atoms with van der Waals surface area (Å²) < 4.78 is 14.1. The van der Waals surface area contributed by atoms with Gasteiger partial charge < -0.3 is 5.73 Å². The van der Waals surface area contributed by atoms with Crippen LogP contribution in [0.2, 0.25) is 0 Å². The molecule has 1 aliphatic heterocycles. The number of likely N-dealkylation sites (tertiary alicyclic amines) is 1. The van der Waals surface area contributed by atoms with Gasteiger partial charge >= 0.3 is 0 Å². The van der Waals surface area contributed by atoms with E-state index in [9.17, 15) is 4.39 Å². The molecule has 0 radical (unpaired) electrons. The van der Waals surface area contributed by atoms with Crippen LogP contribution < -0.4 is 5.73 Å². The lowest BCUT2D eigenvalue weighted by molar-refractivity contribution is 0.307. The maximum atomic E-state index is 13.2. The highest BCUT2D eigenvalue weighted by Crippen LogP contribution is 2.24. The summed E-state index contributed by atoms with van der Waals surface area (Å²) in [6.45, 7) is 4.92. The predicted molar refractivity (Wildman–Crippen MR) is 71.1 cm³/mol. The van der Waals surface area contributed by atoms with Gasteiger partial charge in [-0.3, -0.25) is 4.90 Å². The first-order valence-electron chi connectivity index (χ1n) is 5.98. The Bertz CT molecular complexity index is 395. The molecular formula is C13H18BrFN2. The number of nitrogens with zero attached hydrogens (tertiary/aromatic N) is 1. The van der Waals surface area contributed by atoms with Crippen LogP contribution in [0.25, 0.3) is 0 Å². The number of benzene rings is 1. The molecule has 1 aromatic carbocycles. The van der Waals surface area contributed by atoms with Crippen molar-refractivity contribution < 1.29 is 4.39 Å². The fraction of sp³-hybridized carbons (Fsp3) is 0.538. The predicted octanol–water partition coefficient (Wildman–Crippen LogP) is 2.76. The van der Waals surface area contributed by atoms with Gasteiger partial charge in [0.2, 0.25) is 0 Å². The van der Waals surface area contributed by atoms with Crippen LogP contribution in [0.15, 0.2) is 22.7 Å². The summed E-state index contributed by atoms with van der Waals surface area (Å²) in [4.78, 5) is 2.34. The molecule has 1 fully saturated rings. The minimum absolute atomic E-state index is 0.175. The third kappa shape index (κ3) is 3.27. The summed E-state index contributed by atoms with van der Waals surface area (Å²) in [6.07, 6.45) is 1.14. The Morgan fingerprint density at radius 1 is 1.59 bits per heavy atom. The fourth-order valence-electron chi connectivity index (χ4n) is 2.34. The smallest absolute Gasteiger partial charge is 0.123 e. The van der Waals surface area contributed by atoms with Crippen molar-refractivity contribution in [1.82, 2.24) is 4.90 Å². The van der Waals surface area contributed by atoms with Crippen molar-refractivity contribution in [3.05, 3.63) is 34.1 Å². The van der Waals surface area contributed by atoms with E-state index in [1.54, 1.807) is 12.1 Å². The van der Waals surface area contributed by atoms with E-state index in [1.807, 2.05) is 0 Å². The molecule has 0 aromatic heterocycles. The number of hydrogen-bond donors (Lipinski definition) is 1. The monoisotopic (exact) mass is 300 g/mol. The van der Waals surface area contributed by atoms with Gasteiger partial charge in [0.05, 0.1) is 0 Å². The second-order valence-electron chi connectivity index (χ2n) is 4.88. The zero-order chi connectivity index (χ0) is 12.4. The van der Waals surface area contributed by atoms with Crippen molar-refractivity contribution in [2.45, 2.75) is 25.9 Å². The molecule has 1 saturated heterocycles. The minimum atomic E-state index is -0.175. The van der Waals surface area contributed by atoms with Gasteiger partial charge in [0.25, 0.3) is 0 Å². The van der Waals surface area contributed by atoms with Crippen molar-refractivity contribution in [3.63, 3.8) is 0 Å². The average molecular weight is 301 g/mol. The molecule has 0 bridgehead atoms. The molecule has 2 atom stereocenters. The van der Waals surface area contributed by atoms with Gasteiger partial charge in [-0.2, -0.15) is 0 Å². The molecule has 0 aliphatic carbocycles. The van der Waals surface area contributed by atoms with E-state index in [-0.39, 0.29) is 11.9 Å². The SMILES string of the molecule is C[C@@H](N)[C@@H]1CCN(Cc2cc(F)ccc2Br)C1. The van der Waals surface area contributed by atoms with Gasteiger partial charge in [0.15, 0.2) is 0 Å². The summed E-state index contributed by atoms with van der Waals surface area (Å²) in [5.74, 6) is 0.397. The average Bonchev–Trinajstić information content (AvgIpc) is 2.72. The summed E-state index contributed by atoms with van der Waals surface area (Å²) in [5.41, 5.74) is 6.92. The standard InChI is InChI=1S/C13H18BrFN2/c1-9(16)10-4-5-17(7-10)8-11-6-12(15)2-3-13(11)14/h2-3,6,9-10H,4-5,7-8,16H2,1H3/t9-,10-/m1/s1. The van der Waals surface area contributed by atoms with E-state index in [4.69, 9.17) is 5.73 Å². The van der Waals surface area contributed by atoms with E-state index in [0.29, 0.717) is 5.92 Å². The van der Waals surface area contributed by atoms with Crippen LogP contribution in [-0.4, -0.2) is 24.0 Å². The number of hydrogen-bond acceptors (Lipinski definition) is 2. The summed E-state index contributed by atoms with van der Waals surface area (Å²) in [6, 6.07) is 5.09. The number of nitrogens with two attached hydrogens (primary N) is 1. The van der Waals surface area contributed by atoms with Crippen LogP contribution >= 0.6 is 15.9 Å². The third-order valence-electron chi connectivity index (χ3n) is 3.45. The van der Waals surface area contributed by atoms with Gasteiger partial charge in [-0.25, -0.2) is 4.39 Å². The van der Waals surface area contributed by atoms with Gasteiger partial charge in [0.1, 0.15) is 5.82 Å². The quantitative estimate of drug-likeness (QED) is 0.930. The van der Waals surface area contributed by atoms with E-state index >= 15 is 0 Å². The number of rotatable bonds is 3. The Hall–Kier alpha value is -0.450. The highest BCUT2D eigenvalue weighted by molar-refractivity contribution is 9.10. The molecule has 17 heavy (non-hydrogen) atoms. The van der Waals surface area contributed by atoms with E-state index < -0.39 is 0 Å². The van der Waals surface area contributed by atoms with E-state index in [1.165, 1.54) is 6.07 Å². The first-order valence-corrected chi connectivity index (χ1v) is 6.77. The van der Waals surface area contributed by atoms with Crippen molar-refractivity contribution in [2.75, 3.05) is 13.1 Å². The van der Waals surface area contributed by atoms with Crippen LogP contribution in [0.1, 0.15) is 18.9 Å². The van der Waals surface area contributed by atoms with Crippen molar-refractivity contribution in [3.8, 4) is 0 Å². The Labute approximate surface area is 110 Å². The molecule has 0 saturated carbocycles. The highest BCUT2D eigenvalue weighted by Gasteiger charge is 2.25. The van der Waals surface area contributed by atoms with Crippen LogP contribution in [0, 0.1) is 11.7 Å². The molecule has 0 amide bonds. The highest BCUT2D eigenvalue weighted by atomic mass is 79.9. The molecule has 94 valence electrons. The molecule has 0 unspecified atom stereocenters. The second kappa shape index (κ2) is 5.46. The summed E-state index contributed by atoms with van der Waals surface area (Å²) in [5, 5.41) is 0. The van der Waals surface area contributed by atoms with Crippen LogP contribution in [0.3, 0.4) is 0 Å². The van der Waals surface area contributed by atoms with Gasteiger partial charge in [-0.1, -0.05) is 15.9 Å². The molecule has 2 rings (SSSR count). The largest absolute Gasteiger partial charge is 0.328 e. The van der Waals surface area contributed by atoms with E-state index in [2.05, 4.69) is 27.8 Å². The van der Waals surface area contributed by atoms with Crippen molar-refractivity contribution >= 4 is 15.9 Å².